The van der Waals surface area contributed by atoms with Crippen LogP contribution in [0.25, 0.3) is 0 Å². The van der Waals surface area contributed by atoms with Crippen LogP contribution in [0.1, 0.15) is 11.1 Å². The molecular weight excluding hydrogens is 327 g/mol. The van der Waals surface area contributed by atoms with Gasteiger partial charge in [0.2, 0.25) is 0 Å². The van der Waals surface area contributed by atoms with Crippen LogP contribution in [-0.4, -0.2) is 24.8 Å². The maximum absolute atomic E-state index is 13.3. The van der Waals surface area contributed by atoms with Gasteiger partial charge in [-0.25, -0.2) is 4.39 Å². The van der Waals surface area contributed by atoms with Crippen molar-refractivity contribution in [3.8, 4) is 11.8 Å². The number of rotatable bonds is 8. The third kappa shape index (κ3) is 5.60. The van der Waals surface area contributed by atoms with E-state index < -0.39 is 5.82 Å². The Balaban J connectivity index is 1.63. The van der Waals surface area contributed by atoms with Gasteiger partial charge in [-0.1, -0.05) is 30.3 Å². The lowest BCUT2D eigenvalue weighted by Crippen LogP contribution is -2.30. The minimum Gasteiger partial charge on any atom is -0.481 e. The molecule has 2 aromatic carbocycles. The summed E-state index contributed by atoms with van der Waals surface area (Å²) in [5.74, 6) is 0.708. The Morgan fingerprint density at radius 2 is 1.96 bits per heavy atom. The normalized spacial score (nSPS) is 10.0. The fourth-order valence-corrected chi connectivity index (χ4v) is 2.82. The second kappa shape index (κ2) is 9.58. The van der Waals surface area contributed by atoms with Gasteiger partial charge in [0, 0.05) is 18.1 Å². The molecule has 0 saturated heterocycles. The summed E-state index contributed by atoms with van der Waals surface area (Å²) < 4.78 is 18.5. The molecule has 0 radical (unpaired) electrons. The van der Waals surface area contributed by atoms with Gasteiger partial charge in [-0.05, 0) is 23.8 Å². The summed E-state index contributed by atoms with van der Waals surface area (Å²) in [7, 11) is 0. The number of nitrogens with zero attached hydrogens (tertiary/aromatic N) is 1. The lowest BCUT2D eigenvalue weighted by atomic mass is 10.1. The SMILES string of the molecule is N#Cc1ccccc1CSCCNC(=O)COc1ccccc1F. The van der Waals surface area contributed by atoms with E-state index in [1.54, 1.807) is 30.0 Å². The number of thioether (sulfide) groups is 1. The first-order chi connectivity index (χ1) is 11.7. The minimum atomic E-state index is -0.489. The van der Waals surface area contributed by atoms with Crippen molar-refractivity contribution in [3.05, 3.63) is 65.5 Å². The molecular formula is C18H17FN2O2S. The Morgan fingerprint density at radius 3 is 2.75 bits per heavy atom. The molecule has 0 atom stereocenters. The highest BCUT2D eigenvalue weighted by Crippen LogP contribution is 2.16. The van der Waals surface area contributed by atoms with E-state index in [0.29, 0.717) is 23.6 Å². The number of hydrogen-bond donors (Lipinski definition) is 1. The second-order valence-electron chi connectivity index (χ2n) is 4.89. The number of carbonyl (C=O) groups is 1. The number of halogens is 1. The molecule has 124 valence electrons. The maximum Gasteiger partial charge on any atom is 0.257 e. The van der Waals surface area contributed by atoms with Crippen LogP contribution < -0.4 is 10.1 Å². The molecule has 0 saturated carbocycles. The van der Waals surface area contributed by atoms with Crippen LogP contribution in [0, 0.1) is 17.1 Å². The second-order valence-corrected chi connectivity index (χ2v) is 6.00. The first-order valence-corrected chi connectivity index (χ1v) is 8.56. The monoisotopic (exact) mass is 344 g/mol. The topological polar surface area (TPSA) is 62.1 Å². The van der Waals surface area contributed by atoms with Crippen molar-refractivity contribution in [3.63, 3.8) is 0 Å². The number of nitrogens with one attached hydrogen (secondary N) is 1. The number of carbonyl (C=O) groups excluding carboxylic acids is 1. The highest BCUT2D eigenvalue weighted by atomic mass is 32.2. The number of ether oxygens (including phenoxy) is 1. The van der Waals surface area contributed by atoms with E-state index in [4.69, 9.17) is 10.00 Å². The molecule has 0 bridgehead atoms. The quantitative estimate of drug-likeness (QED) is 0.748. The van der Waals surface area contributed by atoms with Gasteiger partial charge in [-0.3, -0.25) is 4.79 Å². The highest BCUT2D eigenvalue weighted by Gasteiger charge is 2.06. The van der Waals surface area contributed by atoms with Crippen LogP contribution >= 0.6 is 11.8 Å². The van der Waals surface area contributed by atoms with Crippen molar-refractivity contribution in [1.82, 2.24) is 5.32 Å². The van der Waals surface area contributed by atoms with Crippen molar-refractivity contribution in [2.75, 3.05) is 18.9 Å². The summed E-state index contributed by atoms with van der Waals surface area (Å²) in [5, 5.41) is 11.7. The van der Waals surface area contributed by atoms with E-state index in [0.717, 1.165) is 5.56 Å². The average Bonchev–Trinajstić information content (AvgIpc) is 2.61. The van der Waals surface area contributed by atoms with Crippen LogP contribution in [0.2, 0.25) is 0 Å². The standard InChI is InChI=1S/C18H17FN2O2S/c19-16-7-3-4-8-17(16)23-12-18(22)21-9-10-24-13-15-6-2-1-5-14(15)11-20/h1-8H,9-10,12-13H2,(H,21,22). The van der Waals surface area contributed by atoms with Gasteiger partial charge < -0.3 is 10.1 Å². The highest BCUT2D eigenvalue weighted by molar-refractivity contribution is 7.98. The summed E-state index contributed by atoms with van der Waals surface area (Å²) in [6.45, 7) is 0.266. The third-order valence-electron chi connectivity index (χ3n) is 3.16. The summed E-state index contributed by atoms with van der Waals surface area (Å²) in [6.07, 6.45) is 0. The van der Waals surface area contributed by atoms with E-state index in [1.165, 1.54) is 12.1 Å². The predicted molar refractivity (Wildman–Crippen MR) is 92.2 cm³/mol. The predicted octanol–water partition coefficient (Wildman–Crippen LogP) is 3.13. The fraction of sp³-hybridized carbons (Fsp3) is 0.222. The van der Waals surface area contributed by atoms with Crippen molar-refractivity contribution in [1.29, 1.82) is 5.26 Å². The van der Waals surface area contributed by atoms with Gasteiger partial charge in [0.25, 0.3) is 5.91 Å². The van der Waals surface area contributed by atoms with Crippen molar-refractivity contribution in [2.45, 2.75) is 5.75 Å². The van der Waals surface area contributed by atoms with Gasteiger partial charge in [0.1, 0.15) is 0 Å². The molecule has 24 heavy (non-hydrogen) atoms. The number of benzene rings is 2. The molecule has 0 heterocycles. The molecule has 6 heteroatoms. The summed E-state index contributed by atoms with van der Waals surface area (Å²) in [6, 6.07) is 15.6. The van der Waals surface area contributed by atoms with E-state index in [1.807, 2.05) is 18.2 Å². The zero-order valence-electron chi connectivity index (χ0n) is 13.0. The molecule has 2 aromatic rings. The van der Waals surface area contributed by atoms with Crippen molar-refractivity contribution in [2.24, 2.45) is 0 Å². The zero-order chi connectivity index (χ0) is 17.2. The molecule has 0 spiro atoms. The van der Waals surface area contributed by atoms with Crippen molar-refractivity contribution < 1.29 is 13.9 Å². The van der Waals surface area contributed by atoms with Gasteiger partial charge >= 0.3 is 0 Å². The Morgan fingerprint density at radius 1 is 1.21 bits per heavy atom. The third-order valence-corrected chi connectivity index (χ3v) is 4.17. The molecule has 1 N–H and O–H groups in total. The number of amides is 1. The van der Waals surface area contributed by atoms with Crippen LogP contribution in [-0.2, 0) is 10.5 Å². The first kappa shape index (κ1) is 17.8. The van der Waals surface area contributed by atoms with Gasteiger partial charge in [-0.2, -0.15) is 17.0 Å². The van der Waals surface area contributed by atoms with Crippen LogP contribution in [0.5, 0.6) is 5.75 Å². The smallest absolute Gasteiger partial charge is 0.257 e. The Labute approximate surface area is 144 Å². The molecule has 4 nitrogen and oxygen atoms in total. The molecule has 0 fully saturated rings. The molecule has 0 aliphatic carbocycles. The molecule has 0 unspecified atom stereocenters. The van der Waals surface area contributed by atoms with E-state index in [9.17, 15) is 9.18 Å². The summed E-state index contributed by atoms with van der Waals surface area (Å²) >= 11 is 1.63. The largest absolute Gasteiger partial charge is 0.481 e. The zero-order valence-corrected chi connectivity index (χ0v) is 13.8. The van der Waals surface area contributed by atoms with E-state index >= 15 is 0 Å². The average molecular weight is 344 g/mol. The Bertz CT molecular complexity index is 731. The van der Waals surface area contributed by atoms with Crippen LogP contribution in [0.3, 0.4) is 0 Å². The van der Waals surface area contributed by atoms with Gasteiger partial charge in [0.15, 0.2) is 18.2 Å². The molecule has 1 amide bonds. The maximum atomic E-state index is 13.3. The molecule has 0 aliphatic rings. The lowest BCUT2D eigenvalue weighted by molar-refractivity contribution is -0.123. The molecule has 2 rings (SSSR count). The fourth-order valence-electron chi connectivity index (χ4n) is 1.96. The number of para-hydroxylation sites is 1. The summed E-state index contributed by atoms with van der Waals surface area (Å²) in [5.41, 5.74) is 1.66. The van der Waals surface area contributed by atoms with E-state index in [2.05, 4.69) is 11.4 Å². The van der Waals surface area contributed by atoms with Gasteiger partial charge in [-0.15, -0.1) is 0 Å². The van der Waals surface area contributed by atoms with Crippen molar-refractivity contribution >= 4 is 17.7 Å². The number of nitriles is 1. The Hall–Kier alpha value is -2.52. The molecule has 0 aliphatic heterocycles. The van der Waals surface area contributed by atoms with Gasteiger partial charge in [0.05, 0.1) is 11.6 Å². The summed E-state index contributed by atoms with van der Waals surface area (Å²) in [4.78, 5) is 11.7. The Kier molecular flexibility index (Phi) is 7.12. The molecule has 0 aromatic heterocycles. The van der Waals surface area contributed by atoms with Crippen LogP contribution in [0.15, 0.2) is 48.5 Å². The minimum absolute atomic E-state index is 0.0649. The first-order valence-electron chi connectivity index (χ1n) is 7.40. The van der Waals surface area contributed by atoms with Crippen LogP contribution in [0.4, 0.5) is 4.39 Å². The van der Waals surface area contributed by atoms with E-state index in [-0.39, 0.29) is 18.3 Å². The number of hydrogen-bond acceptors (Lipinski definition) is 4. The lowest BCUT2D eigenvalue weighted by Gasteiger charge is -2.08.